The van der Waals surface area contributed by atoms with E-state index in [-0.39, 0.29) is 0 Å². The summed E-state index contributed by atoms with van der Waals surface area (Å²) < 4.78 is 0. The Morgan fingerprint density at radius 3 is 2.84 bits per heavy atom. The fraction of sp³-hybridized carbons (Fsp3) is 0.941. The molecule has 2 heteroatoms. The van der Waals surface area contributed by atoms with Crippen molar-refractivity contribution < 1.29 is 4.79 Å². The van der Waals surface area contributed by atoms with Gasteiger partial charge in [0.1, 0.15) is 5.78 Å². The molecule has 2 fully saturated rings. The van der Waals surface area contributed by atoms with Crippen LogP contribution in [0.2, 0.25) is 0 Å². The van der Waals surface area contributed by atoms with Gasteiger partial charge in [0.05, 0.1) is 0 Å². The van der Waals surface area contributed by atoms with Crippen molar-refractivity contribution in [1.82, 2.24) is 4.90 Å². The third kappa shape index (κ3) is 4.30. The number of ketones is 1. The molecule has 0 aromatic carbocycles. The van der Waals surface area contributed by atoms with E-state index in [1.54, 1.807) is 0 Å². The summed E-state index contributed by atoms with van der Waals surface area (Å²) in [6, 6.07) is 0.682. The maximum Gasteiger partial charge on any atom is 0.137 e. The monoisotopic (exact) mass is 265 g/mol. The second-order valence-electron chi connectivity index (χ2n) is 6.79. The van der Waals surface area contributed by atoms with E-state index < -0.39 is 0 Å². The number of nitrogens with zero attached hydrogens (tertiary/aromatic N) is 1. The topological polar surface area (TPSA) is 20.3 Å². The summed E-state index contributed by atoms with van der Waals surface area (Å²) in [6.07, 6.45) is 11.1. The van der Waals surface area contributed by atoms with Gasteiger partial charge in [-0.2, -0.15) is 0 Å². The first-order valence-electron chi connectivity index (χ1n) is 8.47. The standard InChI is InChI=1S/C17H31NO/c1-3-7-15-9-10-17(19)16(12-15)13-18-11-6-4-5-8-14(18)2/h14-16H,3-13H2,1-2H3. The lowest BCUT2D eigenvalue weighted by Crippen LogP contribution is -2.41. The maximum absolute atomic E-state index is 12.2. The molecule has 2 rings (SSSR count). The summed E-state index contributed by atoms with van der Waals surface area (Å²) in [6.45, 7) is 6.87. The van der Waals surface area contributed by atoms with Crippen LogP contribution < -0.4 is 0 Å². The molecule has 0 spiro atoms. The Morgan fingerprint density at radius 2 is 2.05 bits per heavy atom. The van der Waals surface area contributed by atoms with Crippen LogP contribution in [-0.4, -0.2) is 29.8 Å². The Kier molecular flexibility index (Phi) is 5.87. The van der Waals surface area contributed by atoms with E-state index >= 15 is 0 Å². The van der Waals surface area contributed by atoms with Crippen molar-refractivity contribution in [3.05, 3.63) is 0 Å². The van der Waals surface area contributed by atoms with Gasteiger partial charge >= 0.3 is 0 Å². The van der Waals surface area contributed by atoms with E-state index in [0.717, 1.165) is 31.7 Å². The zero-order chi connectivity index (χ0) is 13.7. The van der Waals surface area contributed by atoms with Gasteiger partial charge in [-0.05, 0) is 45.1 Å². The highest BCUT2D eigenvalue weighted by Gasteiger charge is 2.30. The number of rotatable bonds is 4. The minimum Gasteiger partial charge on any atom is -0.300 e. The largest absolute Gasteiger partial charge is 0.300 e. The summed E-state index contributed by atoms with van der Waals surface area (Å²) >= 11 is 0. The predicted molar refractivity (Wildman–Crippen MR) is 80.2 cm³/mol. The first-order chi connectivity index (χ1) is 9.20. The fourth-order valence-electron chi connectivity index (χ4n) is 3.94. The molecular formula is C17H31NO. The van der Waals surface area contributed by atoms with Crippen molar-refractivity contribution in [3.8, 4) is 0 Å². The lowest BCUT2D eigenvalue weighted by Gasteiger charge is -2.34. The highest BCUT2D eigenvalue weighted by molar-refractivity contribution is 5.81. The lowest BCUT2D eigenvalue weighted by atomic mass is 9.78. The Morgan fingerprint density at radius 1 is 1.21 bits per heavy atom. The number of carbonyl (C=O) groups is 1. The van der Waals surface area contributed by atoms with Gasteiger partial charge in [0, 0.05) is 24.9 Å². The van der Waals surface area contributed by atoms with E-state index in [1.807, 2.05) is 0 Å². The number of hydrogen-bond donors (Lipinski definition) is 0. The molecule has 19 heavy (non-hydrogen) atoms. The Hall–Kier alpha value is -0.370. The van der Waals surface area contributed by atoms with Crippen molar-refractivity contribution in [2.45, 2.75) is 77.7 Å². The molecule has 1 aliphatic carbocycles. The van der Waals surface area contributed by atoms with Gasteiger partial charge in [-0.3, -0.25) is 9.69 Å². The van der Waals surface area contributed by atoms with E-state index in [0.29, 0.717) is 17.7 Å². The van der Waals surface area contributed by atoms with Crippen molar-refractivity contribution in [2.24, 2.45) is 11.8 Å². The molecule has 2 nitrogen and oxygen atoms in total. The third-order valence-electron chi connectivity index (χ3n) is 5.21. The maximum atomic E-state index is 12.2. The number of hydrogen-bond acceptors (Lipinski definition) is 2. The Labute approximate surface area is 118 Å². The van der Waals surface area contributed by atoms with Gasteiger partial charge in [0.25, 0.3) is 0 Å². The van der Waals surface area contributed by atoms with Crippen LogP contribution in [0, 0.1) is 11.8 Å². The molecule has 110 valence electrons. The van der Waals surface area contributed by atoms with Crippen molar-refractivity contribution in [2.75, 3.05) is 13.1 Å². The molecule has 3 unspecified atom stereocenters. The first kappa shape index (κ1) is 15.0. The molecule has 0 aromatic rings. The normalized spacial score (nSPS) is 34.2. The summed E-state index contributed by atoms with van der Waals surface area (Å²) in [4.78, 5) is 14.8. The van der Waals surface area contributed by atoms with Gasteiger partial charge in [-0.1, -0.05) is 32.6 Å². The smallest absolute Gasteiger partial charge is 0.137 e. The zero-order valence-corrected chi connectivity index (χ0v) is 12.9. The van der Waals surface area contributed by atoms with Gasteiger partial charge in [-0.25, -0.2) is 0 Å². The zero-order valence-electron chi connectivity index (χ0n) is 12.9. The molecule has 1 saturated heterocycles. The summed E-state index contributed by atoms with van der Waals surface area (Å²) in [5.74, 6) is 1.70. The highest BCUT2D eigenvalue weighted by Crippen LogP contribution is 2.31. The van der Waals surface area contributed by atoms with Crippen molar-refractivity contribution in [1.29, 1.82) is 0 Å². The highest BCUT2D eigenvalue weighted by atomic mass is 16.1. The average molecular weight is 265 g/mol. The Balaban J connectivity index is 1.89. The second kappa shape index (κ2) is 7.42. The van der Waals surface area contributed by atoms with Crippen LogP contribution in [0.5, 0.6) is 0 Å². The molecule has 1 heterocycles. The predicted octanol–water partition coefficient (Wildman–Crippen LogP) is 4.04. The number of Topliss-reactive ketones (excluding diaryl/α,β-unsaturated/α-hetero) is 1. The summed E-state index contributed by atoms with van der Waals surface area (Å²) in [5, 5.41) is 0. The molecule has 0 aromatic heterocycles. The van der Waals surface area contributed by atoms with E-state index in [9.17, 15) is 4.79 Å². The second-order valence-corrected chi connectivity index (χ2v) is 6.79. The molecule has 0 N–H and O–H groups in total. The molecule has 0 bridgehead atoms. The number of carbonyl (C=O) groups excluding carboxylic acids is 1. The third-order valence-corrected chi connectivity index (χ3v) is 5.21. The summed E-state index contributed by atoms with van der Waals surface area (Å²) in [7, 11) is 0. The SMILES string of the molecule is CCCC1CCC(=O)C(CN2CCCCCC2C)C1. The fourth-order valence-corrected chi connectivity index (χ4v) is 3.94. The molecule has 2 aliphatic rings. The average Bonchev–Trinajstić information content (AvgIpc) is 2.59. The molecular weight excluding hydrogens is 234 g/mol. The van der Waals surface area contributed by atoms with Crippen LogP contribution in [0.25, 0.3) is 0 Å². The minimum atomic E-state index is 0.339. The molecule has 3 atom stereocenters. The molecule has 0 amide bonds. The van der Waals surface area contributed by atoms with Crippen molar-refractivity contribution in [3.63, 3.8) is 0 Å². The minimum absolute atomic E-state index is 0.339. The van der Waals surface area contributed by atoms with Gasteiger partial charge in [0.2, 0.25) is 0 Å². The van der Waals surface area contributed by atoms with Crippen LogP contribution in [0.1, 0.15) is 71.6 Å². The quantitative estimate of drug-likeness (QED) is 0.764. The van der Waals surface area contributed by atoms with E-state index in [2.05, 4.69) is 18.7 Å². The van der Waals surface area contributed by atoms with Gasteiger partial charge in [0.15, 0.2) is 0 Å². The van der Waals surface area contributed by atoms with Crippen LogP contribution in [0.3, 0.4) is 0 Å². The van der Waals surface area contributed by atoms with Crippen LogP contribution in [0.4, 0.5) is 0 Å². The van der Waals surface area contributed by atoms with Crippen LogP contribution in [-0.2, 0) is 4.79 Å². The van der Waals surface area contributed by atoms with Crippen LogP contribution >= 0.6 is 0 Å². The lowest BCUT2D eigenvalue weighted by molar-refractivity contribution is -0.126. The molecule has 0 radical (unpaired) electrons. The molecule has 1 aliphatic heterocycles. The Bertz CT molecular complexity index is 289. The van der Waals surface area contributed by atoms with Gasteiger partial charge in [-0.15, -0.1) is 0 Å². The first-order valence-corrected chi connectivity index (χ1v) is 8.47. The van der Waals surface area contributed by atoms with Gasteiger partial charge < -0.3 is 0 Å². The van der Waals surface area contributed by atoms with E-state index in [1.165, 1.54) is 45.1 Å². The van der Waals surface area contributed by atoms with E-state index in [4.69, 9.17) is 0 Å². The molecule has 1 saturated carbocycles. The summed E-state index contributed by atoms with van der Waals surface area (Å²) in [5.41, 5.74) is 0. The van der Waals surface area contributed by atoms with Crippen LogP contribution in [0.15, 0.2) is 0 Å². The van der Waals surface area contributed by atoms with Crippen molar-refractivity contribution >= 4 is 5.78 Å². The number of likely N-dealkylation sites (tertiary alicyclic amines) is 1.